The first kappa shape index (κ1) is 14.0. The maximum atomic E-state index is 9.95. The van der Waals surface area contributed by atoms with E-state index in [2.05, 4.69) is 0 Å². The minimum Gasteiger partial charge on any atom is -0.504 e. The number of hydrogen-bond donors (Lipinski definition) is 2. The van der Waals surface area contributed by atoms with Crippen LogP contribution in [0.5, 0.6) is 11.5 Å². The Kier molecular flexibility index (Phi) is 5.44. The molecule has 0 aliphatic carbocycles. The van der Waals surface area contributed by atoms with Gasteiger partial charge in [0.05, 0.1) is 12.0 Å². The molecule has 0 unspecified atom stereocenters. The highest BCUT2D eigenvalue weighted by molar-refractivity contribution is 9.36. The number of benzene rings is 1. The zero-order valence-electron chi connectivity index (χ0n) is 8.97. The van der Waals surface area contributed by atoms with Gasteiger partial charge < -0.3 is 15.6 Å². The second-order valence-corrected chi connectivity index (χ2v) is 10.6. The lowest BCUT2D eigenvalue weighted by Crippen LogP contribution is -2.04. The van der Waals surface area contributed by atoms with Gasteiger partial charge in [-0.2, -0.15) is 0 Å². The van der Waals surface area contributed by atoms with E-state index in [9.17, 15) is 5.11 Å². The number of rotatable bonds is 3. The summed E-state index contributed by atoms with van der Waals surface area (Å²) in [6.45, 7) is 0.578. The third-order valence-electron chi connectivity index (χ3n) is 2.16. The first-order valence-corrected chi connectivity index (χ1v) is 10.9. The Balaban J connectivity index is 2.53. The quantitative estimate of drug-likeness (QED) is 0.810. The van der Waals surface area contributed by atoms with Crippen molar-refractivity contribution >= 4 is 51.1 Å². The topological polar surface area (TPSA) is 55.5 Å². The van der Waals surface area contributed by atoms with Gasteiger partial charge in [0.2, 0.25) is 0 Å². The molecule has 1 aliphatic rings. The van der Waals surface area contributed by atoms with Crippen molar-refractivity contribution in [1.82, 2.24) is 0 Å². The second-order valence-electron chi connectivity index (χ2n) is 3.16. The Bertz CT molecular complexity index is 415. The normalized spacial score (nSPS) is 15.2. The fourth-order valence-corrected chi connectivity index (χ4v) is 10.7. The average Bonchev–Trinajstić information content (AvgIpc) is 2.55. The van der Waals surface area contributed by atoms with Gasteiger partial charge in [0.25, 0.3) is 0 Å². The van der Waals surface area contributed by atoms with E-state index >= 15 is 0 Å². The standard InChI is InChI=1S/C9H11NO2S5/c1-12-7-6(11)4-5(2-3-10)8-9(7)14-16-17-15-13-8/h4,11H,2-3,10H2,1H3. The second kappa shape index (κ2) is 6.63. The third kappa shape index (κ3) is 3.10. The summed E-state index contributed by atoms with van der Waals surface area (Å²) in [7, 11) is 10.0. The van der Waals surface area contributed by atoms with E-state index in [1.165, 1.54) is 0 Å². The van der Waals surface area contributed by atoms with Crippen molar-refractivity contribution in [2.24, 2.45) is 5.73 Å². The van der Waals surface area contributed by atoms with E-state index in [1.54, 1.807) is 64.2 Å². The summed E-state index contributed by atoms with van der Waals surface area (Å²) in [5, 5.41) is 9.95. The molecule has 17 heavy (non-hydrogen) atoms. The van der Waals surface area contributed by atoms with Crippen molar-refractivity contribution < 1.29 is 9.84 Å². The summed E-state index contributed by atoms with van der Waals surface area (Å²) in [4.78, 5) is 2.17. The fraction of sp³-hybridized carbons (Fsp3) is 0.333. The molecule has 0 saturated heterocycles. The number of hydrogen-bond acceptors (Lipinski definition) is 8. The first-order valence-electron chi connectivity index (χ1n) is 4.75. The number of nitrogens with two attached hydrogens (primary N) is 1. The highest BCUT2D eigenvalue weighted by Crippen LogP contribution is 2.62. The number of aromatic hydroxyl groups is 1. The largest absolute Gasteiger partial charge is 0.504 e. The van der Waals surface area contributed by atoms with Crippen LogP contribution in [-0.4, -0.2) is 18.8 Å². The molecule has 0 bridgehead atoms. The van der Waals surface area contributed by atoms with Crippen LogP contribution >= 0.6 is 51.1 Å². The summed E-state index contributed by atoms with van der Waals surface area (Å²) < 4.78 is 5.28. The third-order valence-corrected chi connectivity index (χ3v) is 10.7. The Morgan fingerprint density at radius 2 is 1.94 bits per heavy atom. The van der Waals surface area contributed by atoms with E-state index in [1.807, 2.05) is 0 Å². The summed E-state index contributed by atoms with van der Waals surface area (Å²) in [5.74, 6) is 0.758. The molecule has 3 N–H and O–H groups in total. The van der Waals surface area contributed by atoms with Gasteiger partial charge in [0.1, 0.15) is 0 Å². The molecule has 1 heterocycles. The predicted molar refractivity (Wildman–Crippen MR) is 81.9 cm³/mol. The molecule has 1 aliphatic heterocycles. The smallest absolute Gasteiger partial charge is 0.176 e. The Morgan fingerprint density at radius 1 is 1.24 bits per heavy atom. The Labute approximate surface area is 119 Å². The maximum absolute atomic E-state index is 9.95. The zero-order chi connectivity index (χ0) is 12.3. The van der Waals surface area contributed by atoms with Gasteiger partial charge in [-0.05, 0) is 75.7 Å². The molecule has 0 atom stereocenters. The van der Waals surface area contributed by atoms with Crippen molar-refractivity contribution in [2.75, 3.05) is 13.7 Å². The van der Waals surface area contributed by atoms with Crippen LogP contribution in [-0.2, 0) is 6.42 Å². The van der Waals surface area contributed by atoms with Crippen LogP contribution < -0.4 is 10.5 Å². The molecular weight excluding hydrogens is 314 g/mol. The van der Waals surface area contributed by atoms with Gasteiger partial charge in [0, 0.05) is 4.90 Å². The molecule has 8 heteroatoms. The summed E-state index contributed by atoms with van der Waals surface area (Å²) >= 11 is 0. The minimum atomic E-state index is 0.195. The van der Waals surface area contributed by atoms with Gasteiger partial charge in [0.15, 0.2) is 11.5 Å². The number of fused-ring (bicyclic) bond motifs is 1. The summed E-state index contributed by atoms with van der Waals surface area (Å²) in [6, 6.07) is 1.76. The molecule has 0 fully saturated rings. The zero-order valence-corrected chi connectivity index (χ0v) is 13.0. The van der Waals surface area contributed by atoms with E-state index in [4.69, 9.17) is 10.5 Å². The number of phenols is 1. The number of methoxy groups -OCH3 is 1. The SMILES string of the molecule is COc1c(O)cc(CCN)c2c1SSSSS2. The summed E-state index contributed by atoms with van der Waals surface area (Å²) in [5.41, 5.74) is 6.70. The molecular formula is C9H11NO2S5. The van der Waals surface area contributed by atoms with E-state index < -0.39 is 0 Å². The highest BCUT2D eigenvalue weighted by atomic mass is 33.8. The maximum Gasteiger partial charge on any atom is 0.176 e. The lowest BCUT2D eigenvalue weighted by Gasteiger charge is -2.14. The highest BCUT2D eigenvalue weighted by Gasteiger charge is 2.22. The molecule has 2 rings (SSSR count). The Morgan fingerprint density at radius 3 is 2.59 bits per heavy atom. The van der Waals surface area contributed by atoms with Gasteiger partial charge in [-0.1, -0.05) is 0 Å². The Hall–Kier alpha value is 0.530. The van der Waals surface area contributed by atoms with Gasteiger partial charge in [-0.15, -0.1) is 0 Å². The van der Waals surface area contributed by atoms with E-state index in [0.29, 0.717) is 12.3 Å². The molecule has 3 nitrogen and oxygen atoms in total. The van der Waals surface area contributed by atoms with Crippen LogP contribution in [0.1, 0.15) is 5.56 Å². The molecule has 0 saturated carbocycles. The van der Waals surface area contributed by atoms with Gasteiger partial charge >= 0.3 is 0 Å². The van der Waals surface area contributed by atoms with Crippen LogP contribution in [0.15, 0.2) is 15.9 Å². The molecule has 94 valence electrons. The van der Waals surface area contributed by atoms with Crippen molar-refractivity contribution in [1.29, 1.82) is 0 Å². The van der Waals surface area contributed by atoms with Gasteiger partial charge in [-0.3, -0.25) is 0 Å². The molecule has 0 aromatic heterocycles. The van der Waals surface area contributed by atoms with Crippen LogP contribution in [0.25, 0.3) is 0 Å². The van der Waals surface area contributed by atoms with E-state index in [0.717, 1.165) is 21.8 Å². The number of phenolic OH excluding ortho intramolecular Hbond substituents is 1. The molecule has 0 amide bonds. The average molecular weight is 326 g/mol. The molecule has 0 radical (unpaired) electrons. The fourth-order valence-electron chi connectivity index (χ4n) is 1.47. The molecule has 1 aromatic rings. The lowest BCUT2D eigenvalue weighted by molar-refractivity contribution is 0.362. The van der Waals surface area contributed by atoms with Crippen LogP contribution in [0.3, 0.4) is 0 Å². The van der Waals surface area contributed by atoms with Crippen molar-refractivity contribution in [3.05, 3.63) is 11.6 Å². The summed E-state index contributed by atoms with van der Waals surface area (Å²) in [6.07, 6.45) is 0.767. The van der Waals surface area contributed by atoms with Crippen molar-refractivity contribution in [3.63, 3.8) is 0 Å². The first-order chi connectivity index (χ1) is 8.27. The van der Waals surface area contributed by atoms with Crippen LogP contribution in [0, 0.1) is 0 Å². The minimum absolute atomic E-state index is 0.195. The van der Waals surface area contributed by atoms with Crippen molar-refractivity contribution in [3.8, 4) is 11.5 Å². The van der Waals surface area contributed by atoms with Crippen molar-refractivity contribution in [2.45, 2.75) is 16.2 Å². The number of ether oxygens (including phenoxy) is 1. The van der Waals surface area contributed by atoms with Gasteiger partial charge in [-0.25, -0.2) is 0 Å². The molecule has 1 aromatic carbocycles. The lowest BCUT2D eigenvalue weighted by atomic mass is 10.1. The van der Waals surface area contributed by atoms with E-state index in [-0.39, 0.29) is 5.75 Å². The van der Waals surface area contributed by atoms with Crippen LogP contribution in [0.2, 0.25) is 0 Å². The predicted octanol–water partition coefficient (Wildman–Crippen LogP) is 3.96. The molecule has 0 spiro atoms. The van der Waals surface area contributed by atoms with Crippen LogP contribution in [0.4, 0.5) is 0 Å². The monoisotopic (exact) mass is 325 g/mol.